The molecule has 240 valence electrons. The quantitative estimate of drug-likeness (QED) is 0.324. The first kappa shape index (κ1) is 33.6. The molecule has 0 radical (unpaired) electrons. The Morgan fingerprint density at radius 3 is 2.32 bits per heavy atom. The van der Waals surface area contributed by atoms with Crippen molar-refractivity contribution in [2.45, 2.75) is 88.4 Å². The lowest BCUT2D eigenvalue weighted by Crippen LogP contribution is -2.73. The summed E-state index contributed by atoms with van der Waals surface area (Å²) in [4.78, 5) is 42.8. The lowest BCUT2D eigenvalue weighted by molar-refractivity contribution is -0.163. The van der Waals surface area contributed by atoms with E-state index in [9.17, 15) is 24.6 Å². The second kappa shape index (κ2) is 14.2. The number of benzene rings is 2. The van der Waals surface area contributed by atoms with Gasteiger partial charge < -0.3 is 29.9 Å². The Hall–Kier alpha value is -3.34. The van der Waals surface area contributed by atoms with Gasteiger partial charge in [0, 0.05) is 32.6 Å². The van der Waals surface area contributed by atoms with Crippen LogP contribution in [0.5, 0.6) is 17.2 Å². The number of hydrogen-bond donors (Lipinski definition) is 3. The second-order valence-corrected chi connectivity index (χ2v) is 12.2. The fraction of sp³-hybridized carbons (Fsp3) is 0.545. The number of piperidine rings is 1. The van der Waals surface area contributed by atoms with Crippen molar-refractivity contribution in [3.05, 3.63) is 53.6 Å². The normalized spacial score (nSPS) is 21.1. The largest absolute Gasteiger partial charge is 0.493 e. The van der Waals surface area contributed by atoms with Gasteiger partial charge in [0.15, 0.2) is 11.5 Å². The van der Waals surface area contributed by atoms with Crippen LogP contribution in [0.1, 0.15) is 80.6 Å². The molecule has 0 bridgehead atoms. The molecular formula is C33H44ClN3O7. The highest BCUT2D eigenvalue weighted by molar-refractivity contribution is 6.00. The van der Waals surface area contributed by atoms with Gasteiger partial charge in [-0.2, -0.15) is 0 Å². The molecule has 0 aromatic heterocycles. The first-order valence-electron chi connectivity index (χ1n) is 15.4. The summed E-state index contributed by atoms with van der Waals surface area (Å²) >= 11 is 0. The molecule has 3 aliphatic rings. The summed E-state index contributed by atoms with van der Waals surface area (Å²) in [6.45, 7) is 4.72. The summed E-state index contributed by atoms with van der Waals surface area (Å²) in [5.41, 5.74) is -0.498. The zero-order valence-electron chi connectivity index (χ0n) is 25.5. The fourth-order valence-electron chi connectivity index (χ4n) is 6.78. The van der Waals surface area contributed by atoms with Crippen molar-refractivity contribution in [1.82, 2.24) is 15.1 Å². The first-order valence-corrected chi connectivity index (χ1v) is 15.4. The maximum Gasteiger partial charge on any atom is 0.335 e. The van der Waals surface area contributed by atoms with Gasteiger partial charge >= 0.3 is 5.97 Å². The van der Waals surface area contributed by atoms with Gasteiger partial charge in [0.05, 0.1) is 18.3 Å². The monoisotopic (exact) mass is 629 g/mol. The maximum atomic E-state index is 13.7. The van der Waals surface area contributed by atoms with Crippen LogP contribution in [0.3, 0.4) is 0 Å². The number of amides is 2. The molecule has 44 heavy (non-hydrogen) atoms. The predicted molar refractivity (Wildman–Crippen MR) is 168 cm³/mol. The number of carboxylic acids is 1. The van der Waals surface area contributed by atoms with Crippen molar-refractivity contribution in [2.24, 2.45) is 0 Å². The number of halogens is 1. The van der Waals surface area contributed by atoms with Crippen LogP contribution in [-0.4, -0.2) is 81.7 Å². The van der Waals surface area contributed by atoms with Gasteiger partial charge in [-0.25, -0.2) is 4.79 Å². The van der Waals surface area contributed by atoms with Crippen molar-refractivity contribution in [3.63, 3.8) is 0 Å². The van der Waals surface area contributed by atoms with Crippen molar-refractivity contribution >= 4 is 30.2 Å². The lowest BCUT2D eigenvalue weighted by Gasteiger charge is -2.52. The Kier molecular flexibility index (Phi) is 10.8. The maximum absolute atomic E-state index is 13.7. The Morgan fingerprint density at radius 1 is 1.02 bits per heavy atom. The number of nitrogens with one attached hydrogen (secondary N) is 1. The second-order valence-electron chi connectivity index (χ2n) is 12.2. The average molecular weight is 630 g/mol. The minimum absolute atomic E-state index is 0. The highest BCUT2D eigenvalue weighted by Crippen LogP contribution is 2.38. The standard InChI is InChI=1S/C33H43N3O7.ClH/c1-3-4-17-36-29(37)26(21-32(41)13-5-6-14-32)34-31(40)33(36)15-18-35(19-16-33)22-23-7-10-25(11-8-23)43-27-12-9-24(30(38)39)20-28(27)42-2;/h7-12,20,26,41H,3-6,13-19,21-22H2,1-2H3,(H,34,40)(H,38,39);1H/t26-;/m1./s1. The number of rotatable bonds is 11. The molecule has 2 aromatic carbocycles. The van der Waals surface area contributed by atoms with Gasteiger partial charge in [-0.05, 0) is 68.0 Å². The predicted octanol–water partition coefficient (Wildman–Crippen LogP) is 4.76. The summed E-state index contributed by atoms with van der Waals surface area (Å²) in [7, 11) is 1.47. The van der Waals surface area contributed by atoms with Crippen LogP contribution < -0.4 is 14.8 Å². The number of aliphatic hydroxyl groups is 1. The highest BCUT2D eigenvalue weighted by Gasteiger charge is 2.54. The molecule has 1 saturated carbocycles. The summed E-state index contributed by atoms with van der Waals surface area (Å²) in [6.07, 6.45) is 6.48. The fourth-order valence-corrected chi connectivity index (χ4v) is 6.78. The van der Waals surface area contributed by atoms with E-state index in [0.717, 1.165) is 31.2 Å². The van der Waals surface area contributed by atoms with E-state index in [1.807, 2.05) is 29.2 Å². The molecule has 2 aromatic rings. The Balaban J connectivity index is 0.00000442. The Labute approximate surface area is 265 Å². The van der Waals surface area contributed by atoms with Crippen LogP contribution in [-0.2, 0) is 16.1 Å². The van der Waals surface area contributed by atoms with Crippen molar-refractivity contribution in [3.8, 4) is 17.2 Å². The van der Waals surface area contributed by atoms with E-state index in [2.05, 4.69) is 17.1 Å². The number of nitrogens with zero attached hydrogens (tertiary/aromatic N) is 2. The zero-order chi connectivity index (χ0) is 30.6. The molecule has 3 N–H and O–H groups in total. The molecular weight excluding hydrogens is 586 g/mol. The summed E-state index contributed by atoms with van der Waals surface area (Å²) < 4.78 is 11.3. The van der Waals surface area contributed by atoms with Gasteiger partial charge in [-0.15, -0.1) is 12.4 Å². The molecule has 5 rings (SSSR count). The van der Waals surface area contributed by atoms with Crippen LogP contribution in [0, 0.1) is 0 Å². The molecule has 1 aliphatic carbocycles. The number of carbonyl (C=O) groups is 3. The van der Waals surface area contributed by atoms with E-state index in [1.165, 1.54) is 19.2 Å². The molecule has 3 fully saturated rings. The summed E-state index contributed by atoms with van der Waals surface area (Å²) in [6, 6.07) is 11.5. The SMILES string of the molecule is CCCCN1C(=O)[C@@H](CC2(O)CCCC2)NC(=O)C12CCN(Cc1ccc(Oc3ccc(C(=O)O)cc3OC)cc1)CC2.Cl. The molecule has 10 nitrogen and oxygen atoms in total. The topological polar surface area (TPSA) is 129 Å². The van der Waals surface area contributed by atoms with E-state index < -0.39 is 23.2 Å². The number of unbranched alkanes of at least 4 members (excludes halogenated alkanes) is 1. The molecule has 2 aliphatic heterocycles. The number of piperazine rings is 1. The van der Waals surface area contributed by atoms with Crippen molar-refractivity contribution < 1.29 is 34.1 Å². The molecule has 2 heterocycles. The molecule has 1 spiro atoms. The smallest absolute Gasteiger partial charge is 0.335 e. The van der Waals surface area contributed by atoms with Crippen molar-refractivity contribution in [2.75, 3.05) is 26.7 Å². The van der Waals surface area contributed by atoms with E-state index in [1.54, 1.807) is 6.07 Å². The number of carbonyl (C=O) groups excluding carboxylic acids is 2. The van der Waals surface area contributed by atoms with Crippen LogP contribution in [0.15, 0.2) is 42.5 Å². The van der Waals surface area contributed by atoms with E-state index in [4.69, 9.17) is 9.47 Å². The van der Waals surface area contributed by atoms with Gasteiger partial charge in [0.2, 0.25) is 11.8 Å². The van der Waals surface area contributed by atoms with Crippen LogP contribution in [0.4, 0.5) is 0 Å². The molecule has 2 amide bonds. The number of likely N-dealkylation sites (tertiary alicyclic amines) is 1. The minimum Gasteiger partial charge on any atom is -0.493 e. The number of methoxy groups -OCH3 is 1. The third kappa shape index (κ3) is 7.14. The van der Waals surface area contributed by atoms with Crippen molar-refractivity contribution in [1.29, 1.82) is 0 Å². The van der Waals surface area contributed by atoms with E-state index in [0.29, 0.717) is 75.5 Å². The van der Waals surface area contributed by atoms with Crippen LogP contribution in [0.25, 0.3) is 0 Å². The molecule has 1 atom stereocenters. The summed E-state index contributed by atoms with van der Waals surface area (Å²) in [5, 5.41) is 23.2. The number of aromatic carboxylic acids is 1. The van der Waals surface area contributed by atoms with Gasteiger partial charge in [0.1, 0.15) is 17.3 Å². The van der Waals surface area contributed by atoms with Gasteiger partial charge in [0.25, 0.3) is 0 Å². The minimum atomic E-state index is -1.04. The molecule has 0 unspecified atom stereocenters. The van der Waals surface area contributed by atoms with Gasteiger partial charge in [-0.3, -0.25) is 14.5 Å². The lowest BCUT2D eigenvalue weighted by atomic mass is 9.80. The first-order chi connectivity index (χ1) is 20.7. The third-order valence-corrected chi connectivity index (χ3v) is 9.31. The van der Waals surface area contributed by atoms with E-state index >= 15 is 0 Å². The third-order valence-electron chi connectivity index (χ3n) is 9.31. The molecule has 11 heteroatoms. The zero-order valence-corrected chi connectivity index (χ0v) is 26.4. The summed E-state index contributed by atoms with van der Waals surface area (Å²) in [5.74, 6) is 0.197. The average Bonchev–Trinajstić information content (AvgIpc) is 3.43. The number of ether oxygens (including phenoxy) is 2. The van der Waals surface area contributed by atoms with Gasteiger partial charge in [-0.1, -0.05) is 38.3 Å². The Morgan fingerprint density at radius 2 is 1.70 bits per heavy atom. The van der Waals surface area contributed by atoms with Crippen LogP contribution in [0.2, 0.25) is 0 Å². The molecule has 2 saturated heterocycles. The number of hydrogen-bond acceptors (Lipinski definition) is 7. The Bertz CT molecular complexity index is 1320. The number of carboxylic acid groups (broad SMARTS) is 1. The van der Waals surface area contributed by atoms with E-state index in [-0.39, 0.29) is 29.8 Å². The highest BCUT2D eigenvalue weighted by atomic mass is 35.5. The van der Waals surface area contributed by atoms with Crippen LogP contribution >= 0.6 is 12.4 Å².